The molecule has 1 heterocycles. The van der Waals surface area contributed by atoms with E-state index in [0.29, 0.717) is 18.7 Å². The molecular weight excluding hydrogens is 260 g/mol. The molecular formula is C10H17ClN4O3. The number of hydrogen-bond donors (Lipinski definition) is 2. The number of halogens is 1. The van der Waals surface area contributed by atoms with E-state index in [9.17, 15) is 14.4 Å². The molecule has 0 spiro atoms. The SMILES string of the molecule is Cn1c(CNC(=O)CC[NH3+])cc(=O)n(C)c1=O.[Cl-]. The normalized spacial score (nSPS) is 9.72. The summed E-state index contributed by atoms with van der Waals surface area (Å²) in [4.78, 5) is 34.2. The quantitative estimate of drug-likeness (QED) is 0.573. The molecule has 1 rings (SSSR count). The molecule has 0 unspecified atom stereocenters. The van der Waals surface area contributed by atoms with Gasteiger partial charge in [0.2, 0.25) is 5.91 Å². The highest BCUT2D eigenvalue weighted by atomic mass is 35.5. The molecule has 0 bridgehead atoms. The lowest BCUT2D eigenvalue weighted by Crippen LogP contribution is -3.00. The first kappa shape index (κ1) is 16.4. The van der Waals surface area contributed by atoms with Crippen molar-refractivity contribution in [2.24, 2.45) is 14.1 Å². The Morgan fingerprint density at radius 1 is 1.33 bits per heavy atom. The summed E-state index contributed by atoms with van der Waals surface area (Å²) in [6.45, 7) is 0.683. The molecule has 0 aliphatic carbocycles. The van der Waals surface area contributed by atoms with Gasteiger partial charge in [0.05, 0.1) is 19.5 Å². The van der Waals surface area contributed by atoms with Gasteiger partial charge < -0.3 is 23.5 Å². The van der Waals surface area contributed by atoms with E-state index in [2.05, 4.69) is 11.1 Å². The van der Waals surface area contributed by atoms with Crippen LogP contribution in [0.2, 0.25) is 0 Å². The molecule has 1 amide bonds. The molecule has 0 radical (unpaired) electrons. The van der Waals surface area contributed by atoms with Gasteiger partial charge in [0, 0.05) is 25.9 Å². The number of carbonyl (C=O) groups is 1. The number of hydrogen-bond acceptors (Lipinski definition) is 3. The van der Waals surface area contributed by atoms with Crippen LogP contribution in [0, 0.1) is 0 Å². The average Bonchev–Trinajstić information content (AvgIpc) is 2.30. The van der Waals surface area contributed by atoms with Crippen LogP contribution in [-0.2, 0) is 25.4 Å². The first-order valence-corrected chi connectivity index (χ1v) is 5.29. The van der Waals surface area contributed by atoms with Crippen LogP contribution in [0.5, 0.6) is 0 Å². The Labute approximate surface area is 110 Å². The van der Waals surface area contributed by atoms with Crippen LogP contribution in [0.25, 0.3) is 0 Å². The number of carbonyl (C=O) groups excluding carboxylic acids is 1. The van der Waals surface area contributed by atoms with Crippen molar-refractivity contribution in [2.75, 3.05) is 6.54 Å². The standard InChI is InChI=1S/C10H16N4O3.ClH/c1-13-7(6-12-8(15)3-4-11)5-9(16)14(2)10(13)17;/h5H,3-4,6,11H2,1-2H3,(H,12,15);1H. The molecule has 7 nitrogen and oxygen atoms in total. The fraction of sp³-hybridized carbons (Fsp3) is 0.500. The maximum atomic E-state index is 11.6. The van der Waals surface area contributed by atoms with Gasteiger partial charge >= 0.3 is 5.69 Å². The van der Waals surface area contributed by atoms with Crippen molar-refractivity contribution in [2.45, 2.75) is 13.0 Å². The van der Waals surface area contributed by atoms with E-state index in [-0.39, 0.29) is 30.4 Å². The summed E-state index contributed by atoms with van der Waals surface area (Å²) in [5.74, 6) is -0.145. The molecule has 18 heavy (non-hydrogen) atoms. The molecule has 102 valence electrons. The van der Waals surface area contributed by atoms with Gasteiger partial charge in [-0.1, -0.05) is 0 Å². The van der Waals surface area contributed by atoms with E-state index in [1.165, 1.54) is 17.7 Å². The molecule has 0 atom stereocenters. The summed E-state index contributed by atoms with van der Waals surface area (Å²) in [6.07, 6.45) is 0.332. The Kier molecular flexibility index (Phi) is 6.35. The molecule has 0 saturated heterocycles. The van der Waals surface area contributed by atoms with Crippen LogP contribution < -0.4 is 34.7 Å². The summed E-state index contributed by atoms with van der Waals surface area (Å²) in [7, 11) is 2.97. The lowest BCUT2D eigenvalue weighted by molar-refractivity contribution is -0.366. The van der Waals surface area contributed by atoms with Gasteiger partial charge in [-0.25, -0.2) is 4.79 Å². The van der Waals surface area contributed by atoms with E-state index in [1.807, 2.05) is 0 Å². The Hall–Kier alpha value is -1.60. The third kappa shape index (κ3) is 3.71. The van der Waals surface area contributed by atoms with Gasteiger partial charge in [0.15, 0.2) is 0 Å². The Balaban J connectivity index is 0.00000289. The van der Waals surface area contributed by atoms with Gasteiger partial charge in [-0.3, -0.25) is 18.7 Å². The average molecular weight is 277 g/mol. The fourth-order valence-corrected chi connectivity index (χ4v) is 1.39. The van der Waals surface area contributed by atoms with Gasteiger partial charge in [-0.15, -0.1) is 0 Å². The molecule has 1 aromatic heterocycles. The largest absolute Gasteiger partial charge is 1.00 e. The molecule has 0 saturated carbocycles. The molecule has 0 aliphatic rings. The summed E-state index contributed by atoms with van der Waals surface area (Å²) in [5.41, 5.74) is 3.27. The van der Waals surface area contributed by atoms with Crippen LogP contribution in [0.4, 0.5) is 0 Å². The van der Waals surface area contributed by atoms with Crippen molar-refractivity contribution in [1.82, 2.24) is 14.5 Å². The monoisotopic (exact) mass is 276 g/mol. The second-order valence-corrected chi connectivity index (χ2v) is 3.75. The van der Waals surface area contributed by atoms with Gasteiger partial charge in [0.1, 0.15) is 0 Å². The predicted octanol–water partition coefficient (Wildman–Crippen LogP) is -5.66. The van der Waals surface area contributed by atoms with Crippen LogP contribution in [0.1, 0.15) is 12.1 Å². The third-order valence-corrected chi connectivity index (χ3v) is 2.50. The molecule has 1 aromatic rings. The van der Waals surface area contributed by atoms with Gasteiger partial charge in [-0.05, 0) is 0 Å². The Bertz CT molecular complexity index is 535. The number of nitrogens with one attached hydrogen (secondary N) is 1. The minimum absolute atomic E-state index is 0. The van der Waals surface area contributed by atoms with Crippen molar-refractivity contribution in [3.05, 3.63) is 32.6 Å². The highest BCUT2D eigenvalue weighted by Crippen LogP contribution is 1.90. The zero-order chi connectivity index (χ0) is 13.0. The van der Waals surface area contributed by atoms with Crippen molar-refractivity contribution in [3.63, 3.8) is 0 Å². The molecule has 0 aromatic carbocycles. The number of rotatable bonds is 4. The van der Waals surface area contributed by atoms with Crippen LogP contribution >= 0.6 is 0 Å². The number of aromatic nitrogens is 2. The van der Waals surface area contributed by atoms with E-state index < -0.39 is 5.69 Å². The van der Waals surface area contributed by atoms with E-state index in [0.717, 1.165) is 4.57 Å². The van der Waals surface area contributed by atoms with E-state index in [4.69, 9.17) is 0 Å². The maximum Gasteiger partial charge on any atom is 0.330 e. The number of quaternary nitrogens is 1. The first-order chi connectivity index (χ1) is 7.97. The lowest BCUT2D eigenvalue weighted by Gasteiger charge is -2.09. The topological polar surface area (TPSA) is 101 Å². The van der Waals surface area contributed by atoms with Crippen molar-refractivity contribution < 1.29 is 22.9 Å². The zero-order valence-electron chi connectivity index (χ0n) is 10.4. The third-order valence-electron chi connectivity index (χ3n) is 2.50. The lowest BCUT2D eigenvalue weighted by atomic mass is 10.3. The highest BCUT2D eigenvalue weighted by Gasteiger charge is 2.07. The summed E-state index contributed by atoms with van der Waals surface area (Å²) < 4.78 is 2.35. The second kappa shape index (κ2) is 6.97. The smallest absolute Gasteiger partial charge is 0.330 e. The van der Waals surface area contributed by atoms with Crippen LogP contribution in [0.15, 0.2) is 15.7 Å². The van der Waals surface area contributed by atoms with Crippen molar-refractivity contribution in [1.29, 1.82) is 0 Å². The number of nitrogens with zero attached hydrogens (tertiary/aromatic N) is 2. The summed E-state index contributed by atoms with van der Waals surface area (Å²) in [6, 6.07) is 1.34. The second-order valence-electron chi connectivity index (χ2n) is 3.75. The zero-order valence-corrected chi connectivity index (χ0v) is 11.2. The van der Waals surface area contributed by atoms with Crippen molar-refractivity contribution >= 4 is 5.91 Å². The minimum Gasteiger partial charge on any atom is -1.00 e. The highest BCUT2D eigenvalue weighted by molar-refractivity contribution is 5.75. The maximum absolute atomic E-state index is 11.6. The number of amides is 1. The minimum atomic E-state index is -0.404. The molecule has 4 N–H and O–H groups in total. The van der Waals surface area contributed by atoms with Gasteiger partial charge in [-0.2, -0.15) is 0 Å². The predicted molar refractivity (Wildman–Crippen MR) is 61.1 cm³/mol. The Morgan fingerprint density at radius 2 is 1.94 bits per heavy atom. The first-order valence-electron chi connectivity index (χ1n) is 5.29. The van der Waals surface area contributed by atoms with E-state index in [1.54, 1.807) is 7.05 Å². The molecule has 0 fully saturated rings. The summed E-state index contributed by atoms with van der Waals surface area (Å²) in [5, 5.41) is 2.63. The molecule has 8 heteroatoms. The van der Waals surface area contributed by atoms with Crippen LogP contribution in [0.3, 0.4) is 0 Å². The van der Waals surface area contributed by atoms with Crippen molar-refractivity contribution in [3.8, 4) is 0 Å². The Morgan fingerprint density at radius 3 is 2.50 bits per heavy atom. The van der Waals surface area contributed by atoms with Gasteiger partial charge in [0.25, 0.3) is 5.56 Å². The summed E-state index contributed by atoms with van der Waals surface area (Å²) >= 11 is 0. The fourth-order valence-electron chi connectivity index (χ4n) is 1.39. The molecule has 0 aliphatic heterocycles. The van der Waals surface area contributed by atoms with Crippen LogP contribution in [-0.4, -0.2) is 21.6 Å². The van der Waals surface area contributed by atoms with E-state index >= 15 is 0 Å².